The number of piperazine rings is 1. The summed E-state index contributed by atoms with van der Waals surface area (Å²) in [6, 6.07) is 6.25. The topological polar surface area (TPSA) is 45.4 Å². The Morgan fingerprint density at radius 1 is 0.958 bits per heavy atom. The molecule has 0 saturated carbocycles. The van der Waals surface area contributed by atoms with Gasteiger partial charge in [0.2, 0.25) is 0 Å². The molecule has 134 valence electrons. The average molecular weight is 332 g/mol. The highest BCUT2D eigenvalue weighted by molar-refractivity contribution is 5.60. The predicted octanol–water partition coefficient (Wildman–Crippen LogP) is 4.16. The van der Waals surface area contributed by atoms with Crippen LogP contribution in [0.4, 0.5) is 5.95 Å². The van der Waals surface area contributed by atoms with E-state index in [0.29, 0.717) is 11.8 Å². The van der Waals surface area contributed by atoms with E-state index in [0.717, 1.165) is 31.7 Å². The van der Waals surface area contributed by atoms with Crippen LogP contribution in [0.2, 0.25) is 0 Å². The molecule has 1 fully saturated rings. The smallest absolute Gasteiger partial charge is 0.266 e. The molecule has 1 aliphatic heterocycles. The van der Waals surface area contributed by atoms with Crippen LogP contribution in [-0.4, -0.2) is 48.3 Å². The monoisotopic (exact) mass is 332 g/mol. The molecule has 0 atom stereocenters. The first-order valence-electron chi connectivity index (χ1n) is 8.98. The quantitative estimate of drug-likeness (QED) is 0.826. The lowest BCUT2D eigenvalue weighted by molar-refractivity contribution is 0.309. The van der Waals surface area contributed by atoms with E-state index in [1.54, 1.807) is 0 Å². The fraction of sp³-hybridized carbons (Fsp3) is 0.579. The van der Waals surface area contributed by atoms with Gasteiger partial charge in [-0.15, -0.1) is 0 Å². The van der Waals surface area contributed by atoms with Crippen molar-refractivity contribution in [3.05, 3.63) is 29.3 Å². The zero-order chi connectivity index (χ0) is 18.1. The molecule has 1 aromatic heterocycles. The number of anilines is 1. The van der Waals surface area contributed by atoms with E-state index in [4.69, 9.17) is 4.52 Å². The Labute approximate surface area is 146 Å². The molecule has 0 unspecified atom stereocenters. The SMILES string of the molecule is CC.CC.Cc1ccc(-c2nc(N3CCN(C)CC3)no2)c(C)c1. The first-order chi connectivity index (χ1) is 11.6. The third kappa shape index (κ3) is 5.06. The minimum absolute atomic E-state index is 0.608. The van der Waals surface area contributed by atoms with Crippen LogP contribution in [0.15, 0.2) is 22.7 Å². The van der Waals surface area contributed by atoms with Gasteiger partial charge >= 0.3 is 0 Å². The second-order valence-corrected chi connectivity index (χ2v) is 5.51. The Hall–Kier alpha value is -1.88. The summed E-state index contributed by atoms with van der Waals surface area (Å²) in [7, 11) is 2.13. The summed E-state index contributed by atoms with van der Waals surface area (Å²) < 4.78 is 5.44. The van der Waals surface area contributed by atoms with Gasteiger partial charge in [0.15, 0.2) is 0 Å². The summed E-state index contributed by atoms with van der Waals surface area (Å²) in [6.45, 7) is 16.1. The van der Waals surface area contributed by atoms with Crippen LogP contribution in [0, 0.1) is 13.8 Å². The Morgan fingerprint density at radius 3 is 2.17 bits per heavy atom. The molecule has 1 aromatic carbocycles. The number of hydrogen-bond donors (Lipinski definition) is 0. The van der Waals surface area contributed by atoms with E-state index < -0.39 is 0 Å². The van der Waals surface area contributed by atoms with Crippen LogP contribution in [0.1, 0.15) is 38.8 Å². The third-order valence-electron chi connectivity index (χ3n) is 3.81. The van der Waals surface area contributed by atoms with Gasteiger partial charge in [0.1, 0.15) is 0 Å². The first-order valence-corrected chi connectivity index (χ1v) is 8.98. The van der Waals surface area contributed by atoms with E-state index in [-0.39, 0.29) is 0 Å². The van der Waals surface area contributed by atoms with Crippen LogP contribution in [0.3, 0.4) is 0 Å². The standard InChI is InChI=1S/C15H20N4O.2C2H6/c1-11-4-5-13(12(2)10-11)14-16-15(17-20-14)19-8-6-18(3)7-9-19;2*1-2/h4-5,10H,6-9H2,1-3H3;2*1-2H3. The molecule has 0 bridgehead atoms. The lowest BCUT2D eigenvalue weighted by Crippen LogP contribution is -2.44. The molecule has 0 aliphatic carbocycles. The zero-order valence-corrected chi connectivity index (χ0v) is 16.3. The first kappa shape index (κ1) is 20.2. The molecule has 0 N–H and O–H groups in total. The predicted molar refractivity (Wildman–Crippen MR) is 102 cm³/mol. The molecule has 0 spiro atoms. The highest BCUT2D eigenvalue weighted by Crippen LogP contribution is 2.24. The summed E-state index contributed by atoms with van der Waals surface area (Å²) in [4.78, 5) is 9.03. The minimum Gasteiger partial charge on any atom is -0.336 e. The van der Waals surface area contributed by atoms with Gasteiger partial charge in [-0.2, -0.15) is 4.98 Å². The Balaban J connectivity index is 0.000000671. The van der Waals surface area contributed by atoms with Crippen molar-refractivity contribution in [3.8, 4) is 11.5 Å². The number of rotatable bonds is 2. The normalized spacial score (nSPS) is 14.4. The second-order valence-electron chi connectivity index (χ2n) is 5.51. The Bertz CT molecular complexity index is 601. The molecule has 1 saturated heterocycles. The van der Waals surface area contributed by atoms with Crippen LogP contribution < -0.4 is 4.90 Å². The molecule has 3 rings (SSSR count). The van der Waals surface area contributed by atoms with Crippen molar-refractivity contribution in [2.75, 3.05) is 38.1 Å². The minimum atomic E-state index is 0.608. The van der Waals surface area contributed by atoms with Gasteiger partial charge in [0, 0.05) is 31.7 Å². The van der Waals surface area contributed by atoms with E-state index in [1.807, 2.05) is 33.8 Å². The molecule has 5 heteroatoms. The van der Waals surface area contributed by atoms with Crippen LogP contribution in [0.25, 0.3) is 11.5 Å². The van der Waals surface area contributed by atoms with Gasteiger partial charge < -0.3 is 14.3 Å². The lowest BCUT2D eigenvalue weighted by Gasteiger charge is -2.31. The lowest BCUT2D eigenvalue weighted by atomic mass is 10.1. The molecular weight excluding hydrogens is 300 g/mol. The molecule has 2 heterocycles. The number of hydrogen-bond acceptors (Lipinski definition) is 5. The van der Waals surface area contributed by atoms with Crippen LogP contribution in [-0.2, 0) is 0 Å². The van der Waals surface area contributed by atoms with Crippen molar-refractivity contribution in [2.45, 2.75) is 41.5 Å². The van der Waals surface area contributed by atoms with Crippen molar-refractivity contribution < 1.29 is 4.52 Å². The molecule has 0 amide bonds. The van der Waals surface area contributed by atoms with Crippen molar-refractivity contribution in [1.82, 2.24) is 15.0 Å². The molecule has 1 aliphatic rings. The fourth-order valence-corrected chi connectivity index (χ4v) is 2.51. The van der Waals surface area contributed by atoms with Crippen molar-refractivity contribution in [1.29, 1.82) is 0 Å². The van der Waals surface area contributed by atoms with E-state index in [1.165, 1.54) is 11.1 Å². The third-order valence-corrected chi connectivity index (χ3v) is 3.81. The van der Waals surface area contributed by atoms with Crippen molar-refractivity contribution in [2.24, 2.45) is 0 Å². The molecule has 2 aromatic rings. The maximum Gasteiger partial charge on any atom is 0.266 e. The fourth-order valence-electron chi connectivity index (χ4n) is 2.51. The van der Waals surface area contributed by atoms with Crippen molar-refractivity contribution >= 4 is 5.95 Å². The van der Waals surface area contributed by atoms with Gasteiger partial charge in [-0.1, -0.05) is 45.4 Å². The van der Waals surface area contributed by atoms with Gasteiger partial charge in [0.05, 0.1) is 0 Å². The number of likely N-dealkylation sites (N-methyl/N-ethyl adjacent to an activating group) is 1. The highest BCUT2D eigenvalue weighted by atomic mass is 16.5. The average Bonchev–Trinajstić information content (AvgIpc) is 3.09. The van der Waals surface area contributed by atoms with Gasteiger partial charge in [-0.05, 0) is 37.7 Å². The molecule has 24 heavy (non-hydrogen) atoms. The van der Waals surface area contributed by atoms with Crippen LogP contribution >= 0.6 is 0 Å². The zero-order valence-electron chi connectivity index (χ0n) is 16.3. The number of aromatic nitrogens is 2. The van der Waals surface area contributed by atoms with Gasteiger partial charge in [-0.25, -0.2) is 0 Å². The van der Waals surface area contributed by atoms with Gasteiger partial charge in [0.25, 0.3) is 11.8 Å². The summed E-state index contributed by atoms with van der Waals surface area (Å²) in [5.74, 6) is 1.31. The maximum atomic E-state index is 5.44. The number of aryl methyl sites for hydroxylation is 2. The molecule has 5 nitrogen and oxygen atoms in total. The summed E-state index contributed by atoms with van der Waals surface area (Å²) >= 11 is 0. The Kier molecular flexibility index (Phi) is 8.47. The number of nitrogens with zero attached hydrogens (tertiary/aromatic N) is 4. The second kappa shape index (κ2) is 10.1. The van der Waals surface area contributed by atoms with E-state index >= 15 is 0 Å². The Morgan fingerprint density at radius 2 is 1.58 bits per heavy atom. The van der Waals surface area contributed by atoms with E-state index in [2.05, 4.69) is 53.0 Å². The highest BCUT2D eigenvalue weighted by Gasteiger charge is 2.20. The van der Waals surface area contributed by atoms with Gasteiger partial charge in [-0.3, -0.25) is 0 Å². The number of benzene rings is 1. The van der Waals surface area contributed by atoms with Crippen molar-refractivity contribution in [3.63, 3.8) is 0 Å². The molecular formula is C19H32N4O. The van der Waals surface area contributed by atoms with Crippen LogP contribution in [0.5, 0.6) is 0 Å². The molecule has 0 radical (unpaired) electrons. The summed E-state index contributed by atoms with van der Waals surface area (Å²) in [5, 5.41) is 4.13. The maximum absolute atomic E-state index is 5.44. The largest absolute Gasteiger partial charge is 0.336 e. The van der Waals surface area contributed by atoms with E-state index in [9.17, 15) is 0 Å². The summed E-state index contributed by atoms with van der Waals surface area (Å²) in [5.41, 5.74) is 3.42. The summed E-state index contributed by atoms with van der Waals surface area (Å²) in [6.07, 6.45) is 0.